The van der Waals surface area contributed by atoms with Crippen molar-refractivity contribution in [3.05, 3.63) is 199 Å². The van der Waals surface area contributed by atoms with Crippen molar-refractivity contribution in [2.24, 2.45) is 0 Å². The molecule has 3 aromatic heterocycles. The monoisotopic (exact) mass is 825 g/mol. The Kier molecular flexibility index (Phi) is 8.61. The smallest absolute Gasteiger partial charge is 0.238 e. The van der Waals surface area contributed by atoms with Crippen LogP contribution in [0.3, 0.4) is 0 Å². The van der Waals surface area contributed by atoms with Crippen molar-refractivity contribution in [1.82, 2.24) is 24.1 Å². The molecule has 8 aromatic carbocycles. The molecule has 0 radical (unpaired) electrons. The van der Waals surface area contributed by atoms with Gasteiger partial charge in [0.15, 0.2) is 11.6 Å². The number of hydrogen-bond donors (Lipinski definition) is 0. The van der Waals surface area contributed by atoms with Gasteiger partial charge in [0.05, 0.1) is 27.8 Å². The van der Waals surface area contributed by atoms with Crippen LogP contribution < -0.4 is 0 Å². The van der Waals surface area contributed by atoms with Crippen LogP contribution in [0.4, 0.5) is 0 Å². The van der Waals surface area contributed by atoms with Crippen molar-refractivity contribution in [1.29, 1.82) is 0 Å². The molecule has 0 unspecified atom stereocenters. The summed E-state index contributed by atoms with van der Waals surface area (Å²) in [6, 6.07) is 67.6. The molecular formula is C59H47N5. The summed E-state index contributed by atoms with van der Waals surface area (Å²) in [7, 11) is 0. The normalized spacial score (nSPS) is 14.4. The summed E-state index contributed by atoms with van der Waals surface area (Å²) in [5.74, 6) is 1.82. The maximum absolute atomic E-state index is 5.32. The molecule has 3 heterocycles. The lowest BCUT2D eigenvalue weighted by molar-refractivity contribution is 0.332. The van der Waals surface area contributed by atoms with Crippen LogP contribution in [0.2, 0.25) is 0 Å². The van der Waals surface area contributed by atoms with Crippen molar-refractivity contribution >= 4 is 43.6 Å². The first-order valence-electron chi connectivity index (χ1n) is 22.4. The van der Waals surface area contributed by atoms with Crippen LogP contribution in [0.5, 0.6) is 0 Å². The van der Waals surface area contributed by atoms with Crippen LogP contribution in [0.15, 0.2) is 188 Å². The number of nitrogens with zero attached hydrogens (tertiary/aromatic N) is 5. The third kappa shape index (κ3) is 6.10. The molecule has 5 nitrogen and oxygen atoms in total. The highest BCUT2D eigenvalue weighted by Gasteiger charge is 2.37. The molecule has 0 amide bonds. The van der Waals surface area contributed by atoms with E-state index in [2.05, 4.69) is 201 Å². The zero-order valence-electron chi connectivity index (χ0n) is 36.5. The van der Waals surface area contributed by atoms with E-state index >= 15 is 0 Å². The molecule has 64 heavy (non-hydrogen) atoms. The van der Waals surface area contributed by atoms with Crippen LogP contribution in [-0.4, -0.2) is 24.1 Å². The van der Waals surface area contributed by atoms with Gasteiger partial charge >= 0.3 is 0 Å². The van der Waals surface area contributed by atoms with Crippen molar-refractivity contribution in [3.63, 3.8) is 0 Å². The van der Waals surface area contributed by atoms with Crippen LogP contribution in [0.1, 0.15) is 51.7 Å². The molecule has 0 fully saturated rings. The van der Waals surface area contributed by atoms with E-state index < -0.39 is 0 Å². The van der Waals surface area contributed by atoms with Gasteiger partial charge in [-0.05, 0) is 81.8 Å². The van der Waals surface area contributed by atoms with Gasteiger partial charge < -0.3 is 4.57 Å². The van der Waals surface area contributed by atoms with E-state index in [1.165, 1.54) is 56.9 Å². The Morgan fingerprint density at radius 3 is 1.52 bits per heavy atom. The van der Waals surface area contributed by atoms with Crippen LogP contribution >= 0.6 is 0 Å². The SMILES string of the molecule is CC1(C)CCC(C)(C)c2cc(-c3ccccc3-n3c4ccccc4c4cc5c6ccccc6n(-c6nc(-c7ccccc7)nc(-c7ccc(-c8ccccc8)cc7)n6)c5cc43)ccc21. The maximum Gasteiger partial charge on any atom is 0.238 e. The Morgan fingerprint density at radius 2 is 0.844 bits per heavy atom. The van der Waals surface area contributed by atoms with E-state index in [0.717, 1.165) is 49.7 Å². The lowest BCUT2D eigenvalue weighted by Crippen LogP contribution is -2.33. The van der Waals surface area contributed by atoms with Gasteiger partial charge in [0.2, 0.25) is 5.95 Å². The molecule has 1 aliphatic rings. The highest BCUT2D eigenvalue weighted by atomic mass is 15.2. The molecular weight excluding hydrogens is 779 g/mol. The second-order valence-corrected chi connectivity index (χ2v) is 18.7. The van der Waals surface area contributed by atoms with Gasteiger partial charge in [-0.1, -0.05) is 185 Å². The molecule has 0 atom stereocenters. The van der Waals surface area contributed by atoms with Crippen molar-refractivity contribution in [3.8, 4) is 56.7 Å². The first-order valence-corrected chi connectivity index (χ1v) is 22.4. The van der Waals surface area contributed by atoms with E-state index in [-0.39, 0.29) is 10.8 Å². The number of fused-ring (bicyclic) bond motifs is 7. The lowest BCUT2D eigenvalue weighted by atomic mass is 9.63. The van der Waals surface area contributed by atoms with Gasteiger partial charge in [0.25, 0.3) is 0 Å². The Balaban J connectivity index is 1.10. The van der Waals surface area contributed by atoms with E-state index in [0.29, 0.717) is 17.6 Å². The topological polar surface area (TPSA) is 48.5 Å². The zero-order valence-corrected chi connectivity index (χ0v) is 36.5. The average molecular weight is 826 g/mol. The molecule has 308 valence electrons. The highest BCUT2D eigenvalue weighted by molar-refractivity contribution is 6.19. The van der Waals surface area contributed by atoms with Crippen LogP contribution in [0.25, 0.3) is 100 Å². The maximum atomic E-state index is 5.32. The third-order valence-corrected chi connectivity index (χ3v) is 13.9. The number of para-hydroxylation sites is 3. The Morgan fingerprint density at radius 1 is 0.359 bits per heavy atom. The molecule has 5 heteroatoms. The zero-order chi connectivity index (χ0) is 43.2. The summed E-state index contributed by atoms with van der Waals surface area (Å²) in [5, 5.41) is 4.71. The van der Waals surface area contributed by atoms with Gasteiger partial charge in [0, 0.05) is 38.2 Å². The van der Waals surface area contributed by atoms with Crippen LogP contribution in [-0.2, 0) is 10.8 Å². The second kappa shape index (κ2) is 14.5. The predicted octanol–water partition coefficient (Wildman–Crippen LogP) is 15.1. The molecule has 0 N–H and O–H groups in total. The van der Waals surface area contributed by atoms with Gasteiger partial charge in [-0.15, -0.1) is 0 Å². The first-order chi connectivity index (χ1) is 31.2. The van der Waals surface area contributed by atoms with Gasteiger partial charge in [-0.3, -0.25) is 4.57 Å². The first kappa shape index (κ1) is 38.1. The summed E-state index contributed by atoms with van der Waals surface area (Å²) in [6.45, 7) is 9.62. The molecule has 12 rings (SSSR count). The van der Waals surface area contributed by atoms with Crippen molar-refractivity contribution < 1.29 is 0 Å². The lowest BCUT2D eigenvalue weighted by Gasteiger charge is -2.42. The number of aromatic nitrogens is 5. The third-order valence-electron chi connectivity index (χ3n) is 13.9. The number of hydrogen-bond acceptors (Lipinski definition) is 3. The van der Waals surface area contributed by atoms with E-state index in [9.17, 15) is 0 Å². The molecule has 11 aromatic rings. The summed E-state index contributed by atoms with van der Waals surface area (Å²) >= 11 is 0. The summed E-state index contributed by atoms with van der Waals surface area (Å²) in [6.07, 6.45) is 2.36. The van der Waals surface area contributed by atoms with E-state index in [4.69, 9.17) is 15.0 Å². The minimum Gasteiger partial charge on any atom is -0.309 e. The predicted molar refractivity (Wildman–Crippen MR) is 266 cm³/mol. The van der Waals surface area contributed by atoms with Gasteiger partial charge in [-0.25, -0.2) is 4.98 Å². The molecule has 0 saturated heterocycles. The number of rotatable bonds is 6. The molecule has 1 aliphatic carbocycles. The largest absolute Gasteiger partial charge is 0.309 e. The van der Waals surface area contributed by atoms with Gasteiger partial charge in [-0.2, -0.15) is 9.97 Å². The Labute approximate surface area is 373 Å². The standard InChI is InChI=1S/C59H47N5/c1-58(2)33-34-59(3,4)49-35-42(31-32-48(49)58)43-21-11-14-24-50(43)63-51-25-15-12-22-44(51)46-36-47-45-23-13-16-26-52(45)64(54(47)37-53(46)63)57-61-55(40-19-9-6-10-20-40)60-56(62-57)41-29-27-39(28-30-41)38-17-7-5-8-18-38/h5-32,35-37H,33-34H2,1-4H3. The summed E-state index contributed by atoms with van der Waals surface area (Å²) in [5.41, 5.74) is 15.3. The van der Waals surface area contributed by atoms with Gasteiger partial charge in [0.1, 0.15) is 0 Å². The Bertz CT molecular complexity index is 3590. The fourth-order valence-corrected chi connectivity index (χ4v) is 10.3. The molecule has 0 saturated carbocycles. The minimum atomic E-state index is 0.0998. The Hall–Kier alpha value is -7.63. The molecule has 0 aliphatic heterocycles. The highest BCUT2D eigenvalue weighted by Crippen LogP contribution is 2.48. The number of benzene rings is 8. The van der Waals surface area contributed by atoms with Crippen molar-refractivity contribution in [2.45, 2.75) is 51.4 Å². The molecule has 0 spiro atoms. The second-order valence-electron chi connectivity index (χ2n) is 18.7. The fraction of sp³-hybridized carbons (Fsp3) is 0.136. The minimum absolute atomic E-state index is 0.0998. The molecule has 0 bridgehead atoms. The summed E-state index contributed by atoms with van der Waals surface area (Å²) < 4.78 is 4.71. The van der Waals surface area contributed by atoms with E-state index in [1.54, 1.807) is 0 Å². The summed E-state index contributed by atoms with van der Waals surface area (Å²) in [4.78, 5) is 15.7. The quantitative estimate of drug-likeness (QED) is 0.168. The fourth-order valence-electron chi connectivity index (χ4n) is 10.3. The van der Waals surface area contributed by atoms with Crippen molar-refractivity contribution in [2.75, 3.05) is 0 Å². The van der Waals surface area contributed by atoms with Crippen LogP contribution in [0, 0.1) is 0 Å². The average Bonchev–Trinajstić information content (AvgIpc) is 3.84. The van der Waals surface area contributed by atoms with E-state index in [1.807, 2.05) is 24.3 Å².